The highest BCUT2D eigenvalue weighted by Gasteiger charge is 2.28. The predicted octanol–water partition coefficient (Wildman–Crippen LogP) is 1.25. The molecule has 2 aromatic rings. The van der Waals surface area contributed by atoms with Crippen LogP contribution >= 0.6 is 0 Å². The van der Waals surface area contributed by atoms with Crippen molar-refractivity contribution in [2.45, 2.75) is 6.04 Å². The molecule has 0 radical (unpaired) electrons. The number of rotatable bonds is 8. The van der Waals surface area contributed by atoms with Crippen LogP contribution in [0.25, 0.3) is 6.08 Å². The molecular weight excluding hydrogens is 394 g/mol. The summed E-state index contributed by atoms with van der Waals surface area (Å²) >= 11 is 0. The van der Waals surface area contributed by atoms with Gasteiger partial charge in [-0.25, -0.2) is 4.79 Å². The Morgan fingerprint density at radius 3 is 2.70 bits per heavy atom. The van der Waals surface area contributed by atoms with E-state index in [-0.39, 0.29) is 23.0 Å². The molecule has 0 spiro atoms. The minimum absolute atomic E-state index is 0.139. The third kappa shape index (κ3) is 4.76. The zero-order valence-electron chi connectivity index (χ0n) is 16.0. The number of nitrogens with one attached hydrogen (secondary N) is 1. The first-order valence-electron chi connectivity index (χ1n) is 8.89. The van der Waals surface area contributed by atoms with E-state index in [4.69, 9.17) is 24.4 Å². The van der Waals surface area contributed by atoms with Crippen molar-refractivity contribution in [1.29, 1.82) is 0 Å². The number of benzene rings is 2. The molecule has 0 aromatic heterocycles. The summed E-state index contributed by atoms with van der Waals surface area (Å²) in [6.07, 6.45) is 1.60. The molecule has 1 atom stereocenters. The molecule has 1 heterocycles. The van der Waals surface area contributed by atoms with Gasteiger partial charge in [0.15, 0.2) is 12.4 Å². The van der Waals surface area contributed by atoms with Crippen LogP contribution < -0.4 is 19.5 Å². The quantitative estimate of drug-likeness (QED) is 0.551. The van der Waals surface area contributed by atoms with E-state index in [1.54, 1.807) is 37.5 Å². The average molecular weight is 413 g/mol. The van der Waals surface area contributed by atoms with Gasteiger partial charge in [0, 0.05) is 6.07 Å². The van der Waals surface area contributed by atoms with Gasteiger partial charge in [-0.2, -0.15) is 0 Å². The molecular formula is C21H19NO8. The Balaban J connectivity index is 1.67. The summed E-state index contributed by atoms with van der Waals surface area (Å²) in [5.74, 6) is -1.03. The number of Topliss-reactive ketones (excluding diaryl/α,β-unsaturated/α-hetero) is 1. The maximum absolute atomic E-state index is 12.5. The third-order valence-corrected chi connectivity index (χ3v) is 4.22. The lowest BCUT2D eigenvalue weighted by Crippen LogP contribution is -2.45. The predicted molar refractivity (Wildman–Crippen MR) is 105 cm³/mol. The number of ketones is 1. The molecule has 0 bridgehead atoms. The highest BCUT2D eigenvalue weighted by Crippen LogP contribution is 2.35. The molecule has 1 amide bonds. The second kappa shape index (κ2) is 9.10. The fourth-order valence-electron chi connectivity index (χ4n) is 2.71. The number of hydrogen-bond donors (Lipinski definition) is 3. The van der Waals surface area contributed by atoms with Crippen LogP contribution in [0.4, 0.5) is 0 Å². The van der Waals surface area contributed by atoms with E-state index in [0.717, 1.165) is 5.56 Å². The molecule has 0 saturated heterocycles. The Morgan fingerprint density at radius 1 is 1.20 bits per heavy atom. The van der Waals surface area contributed by atoms with E-state index in [9.17, 15) is 14.4 Å². The van der Waals surface area contributed by atoms with Gasteiger partial charge < -0.3 is 29.7 Å². The number of fused-ring (bicyclic) bond motifs is 1. The fraction of sp³-hybridized carbons (Fsp3) is 0.190. The standard InChI is InChI=1S/C21H19NO8/c1-28-13-4-2-3-12(7-13)8-18-20(25)15-6-5-14(9-17(15)30-18)29-11-19(24)22-16(10-23)21(26)27/h2-9,16,23H,10-11H2,1H3,(H,22,24)(H,26,27)/t16-/m0/s1. The Morgan fingerprint density at radius 2 is 2.00 bits per heavy atom. The third-order valence-electron chi connectivity index (χ3n) is 4.22. The van der Waals surface area contributed by atoms with Gasteiger partial charge >= 0.3 is 5.97 Å². The van der Waals surface area contributed by atoms with Crippen molar-refractivity contribution in [2.75, 3.05) is 20.3 Å². The van der Waals surface area contributed by atoms with E-state index in [1.807, 2.05) is 0 Å². The number of aliphatic hydroxyl groups excluding tert-OH is 1. The first kappa shape index (κ1) is 20.9. The van der Waals surface area contributed by atoms with Crippen molar-refractivity contribution < 1.29 is 38.8 Å². The maximum atomic E-state index is 12.5. The van der Waals surface area contributed by atoms with Crippen molar-refractivity contribution in [3.63, 3.8) is 0 Å². The van der Waals surface area contributed by atoms with Gasteiger partial charge in [0.25, 0.3) is 5.91 Å². The number of allylic oxidation sites excluding steroid dienone is 1. The van der Waals surface area contributed by atoms with Crippen LogP contribution in [-0.2, 0) is 9.59 Å². The zero-order valence-corrected chi connectivity index (χ0v) is 16.0. The van der Waals surface area contributed by atoms with Gasteiger partial charge in [-0.3, -0.25) is 9.59 Å². The van der Waals surface area contributed by atoms with Crippen molar-refractivity contribution in [3.05, 3.63) is 59.4 Å². The molecule has 3 N–H and O–H groups in total. The van der Waals surface area contributed by atoms with Crippen LogP contribution in [0.15, 0.2) is 48.2 Å². The van der Waals surface area contributed by atoms with Crippen LogP contribution in [0.3, 0.4) is 0 Å². The summed E-state index contributed by atoms with van der Waals surface area (Å²) in [4.78, 5) is 35.1. The topological polar surface area (TPSA) is 131 Å². The van der Waals surface area contributed by atoms with E-state index in [0.29, 0.717) is 11.3 Å². The lowest BCUT2D eigenvalue weighted by molar-refractivity contribution is -0.143. The number of aliphatic hydroxyl groups is 1. The number of aliphatic carboxylic acids is 1. The van der Waals surface area contributed by atoms with Gasteiger partial charge in [-0.05, 0) is 35.9 Å². The molecule has 1 aliphatic rings. The molecule has 9 heteroatoms. The molecule has 9 nitrogen and oxygen atoms in total. The van der Waals surface area contributed by atoms with Gasteiger partial charge in [-0.15, -0.1) is 0 Å². The summed E-state index contributed by atoms with van der Waals surface area (Å²) in [5.41, 5.74) is 1.09. The molecule has 0 fully saturated rings. The summed E-state index contributed by atoms with van der Waals surface area (Å²) in [5, 5.41) is 19.9. The molecule has 3 rings (SSSR count). The molecule has 30 heavy (non-hydrogen) atoms. The number of ether oxygens (including phenoxy) is 3. The first-order chi connectivity index (χ1) is 14.4. The molecule has 0 aliphatic carbocycles. The lowest BCUT2D eigenvalue weighted by Gasteiger charge is -2.12. The fourth-order valence-corrected chi connectivity index (χ4v) is 2.71. The van der Waals surface area contributed by atoms with E-state index in [2.05, 4.69) is 5.32 Å². The normalized spacial score (nSPS) is 14.6. The van der Waals surface area contributed by atoms with Crippen molar-refractivity contribution in [3.8, 4) is 17.2 Å². The van der Waals surface area contributed by atoms with E-state index >= 15 is 0 Å². The van der Waals surface area contributed by atoms with Gasteiger partial charge in [-0.1, -0.05) is 12.1 Å². The zero-order chi connectivity index (χ0) is 21.7. The number of methoxy groups -OCH3 is 1. The number of carbonyl (C=O) groups is 3. The summed E-state index contributed by atoms with van der Waals surface area (Å²) in [6.45, 7) is -1.21. The minimum atomic E-state index is -1.41. The van der Waals surface area contributed by atoms with E-state index in [1.165, 1.54) is 18.2 Å². The minimum Gasteiger partial charge on any atom is -0.497 e. The molecule has 0 saturated carbocycles. The van der Waals surface area contributed by atoms with Crippen LogP contribution in [0.5, 0.6) is 17.2 Å². The van der Waals surface area contributed by atoms with E-state index < -0.39 is 31.1 Å². The van der Waals surface area contributed by atoms with Gasteiger partial charge in [0.05, 0.1) is 19.3 Å². The smallest absolute Gasteiger partial charge is 0.328 e. The maximum Gasteiger partial charge on any atom is 0.328 e. The number of hydrogen-bond acceptors (Lipinski definition) is 7. The second-order valence-electron chi connectivity index (χ2n) is 6.30. The Labute approximate surface area is 171 Å². The van der Waals surface area contributed by atoms with Crippen molar-refractivity contribution >= 4 is 23.7 Å². The summed E-state index contributed by atoms with van der Waals surface area (Å²) < 4.78 is 16.1. The van der Waals surface area contributed by atoms with Crippen molar-refractivity contribution in [1.82, 2.24) is 5.32 Å². The number of carbonyl (C=O) groups excluding carboxylic acids is 2. The number of carboxylic acids is 1. The highest BCUT2D eigenvalue weighted by atomic mass is 16.5. The van der Waals surface area contributed by atoms with Gasteiger partial charge in [0.2, 0.25) is 5.78 Å². The van der Waals surface area contributed by atoms with Crippen LogP contribution in [0, 0.1) is 0 Å². The molecule has 0 unspecified atom stereocenters. The number of carboxylic acid groups (broad SMARTS) is 1. The lowest BCUT2D eigenvalue weighted by atomic mass is 10.1. The SMILES string of the molecule is COc1cccc(C=C2Oc3cc(OCC(=O)N[C@@H](CO)C(=O)O)ccc3C2=O)c1. The molecule has 1 aliphatic heterocycles. The number of amides is 1. The molecule has 156 valence electrons. The van der Waals surface area contributed by atoms with Gasteiger partial charge in [0.1, 0.15) is 23.3 Å². The summed E-state index contributed by atoms with van der Waals surface area (Å²) in [6, 6.07) is 10.2. The Hall–Kier alpha value is -3.85. The van der Waals surface area contributed by atoms with Crippen LogP contribution in [0.1, 0.15) is 15.9 Å². The largest absolute Gasteiger partial charge is 0.497 e. The Kier molecular flexibility index (Phi) is 6.33. The average Bonchev–Trinajstić information content (AvgIpc) is 3.05. The second-order valence-corrected chi connectivity index (χ2v) is 6.30. The van der Waals surface area contributed by atoms with Crippen molar-refractivity contribution in [2.24, 2.45) is 0 Å². The Bertz CT molecular complexity index is 1010. The summed E-state index contributed by atoms with van der Waals surface area (Å²) in [7, 11) is 1.55. The van der Waals surface area contributed by atoms with Crippen LogP contribution in [-0.4, -0.2) is 54.2 Å². The molecule has 2 aromatic carbocycles. The first-order valence-corrected chi connectivity index (χ1v) is 8.89. The highest BCUT2D eigenvalue weighted by molar-refractivity contribution is 6.14. The van der Waals surface area contributed by atoms with Crippen LogP contribution in [0.2, 0.25) is 0 Å². The monoisotopic (exact) mass is 413 g/mol.